The van der Waals surface area contributed by atoms with Crippen LogP contribution in [0, 0.1) is 5.82 Å². The number of para-hydroxylation sites is 2. The van der Waals surface area contributed by atoms with Gasteiger partial charge in [-0.25, -0.2) is 4.39 Å². The van der Waals surface area contributed by atoms with Gasteiger partial charge in [0.2, 0.25) is 0 Å². The standard InChI is InChI=1S/C14H12FNO2/c1-18-13-11(8-5-9-12(13)15)14(17)16-10-6-3-2-4-7-10/h2-9H,1H3,(H,16,17). The second kappa shape index (κ2) is 5.31. The molecule has 0 atom stereocenters. The minimum Gasteiger partial charge on any atom is -0.493 e. The average molecular weight is 245 g/mol. The van der Waals surface area contributed by atoms with E-state index in [1.54, 1.807) is 24.3 Å². The maximum atomic E-state index is 13.4. The number of nitrogens with one attached hydrogen (secondary N) is 1. The Morgan fingerprint density at radius 3 is 2.50 bits per heavy atom. The molecular weight excluding hydrogens is 233 g/mol. The number of hydrogen-bond donors (Lipinski definition) is 1. The molecule has 0 fully saturated rings. The highest BCUT2D eigenvalue weighted by molar-refractivity contribution is 6.06. The molecule has 0 unspecified atom stereocenters. The normalized spacial score (nSPS) is 9.89. The minimum absolute atomic E-state index is 0.0501. The smallest absolute Gasteiger partial charge is 0.259 e. The molecule has 0 heterocycles. The third-order valence-electron chi connectivity index (χ3n) is 2.45. The fourth-order valence-corrected chi connectivity index (χ4v) is 1.62. The van der Waals surface area contributed by atoms with Gasteiger partial charge in [-0.1, -0.05) is 24.3 Å². The monoisotopic (exact) mass is 245 g/mol. The molecule has 4 heteroatoms. The van der Waals surface area contributed by atoms with Gasteiger partial charge < -0.3 is 10.1 Å². The Kier molecular flexibility index (Phi) is 3.57. The van der Waals surface area contributed by atoms with Crippen LogP contribution in [0.2, 0.25) is 0 Å². The number of hydrogen-bond acceptors (Lipinski definition) is 2. The summed E-state index contributed by atoms with van der Waals surface area (Å²) < 4.78 is 18.3. The van der Waals surface area contributed by atoms with Crippen LogP contribution in [-0.4, -0.2) is 13.0 Å². The Balaban J connectivity index is 2.27. The topological polar surface area (TPSA) is 38.3 Å². The van der Waals surface area contributed by atoms with Gasteiger partial charge in [0.05, 0.1) is 12.7 Å². The van der Waals surface area contributed by atoms with Crippen LogP contribution >= 0.6 is 0 Å². The third kappa shape index (κ3) is 2.48. The van der Waals surface area contributed by atoms with Crippen molar-refractivity contribution in [3.8, 4) is 5.75 Å². The van der Waals surface area contributed by atoms with Crippen LogP contribution in [0.1, 0.15) is 10.4 Å². The van der Waals surface area contributed by atoms with Crippen molar-refractivity contribution < 1.29 is 13.9 Å². The van der Waals surface area contributed by atoms with Gasteiger partial charge in [-0.15, -0.1) is 0 Å². The summed E-state index contributed by atoms with van der Waals surface area (Å²) in [5.41, 5.74) is 0.815. The summed E-state index contributed by atoms with van der Waals surface area (Å²) in [5, 5.41) is 2.67. The summed E-state index contributed by atoms with van der Waals surface area (Å²) >= 11 is 0. The van der Waals surface area contributed by atoms with Crippen LogP contribution in [0.3, 0.4) is 0 Å². The fraction of sp³-hybridized carbons (Fsp3) is 0.0714. The van der Waals surface area contributed by atoms with Gasteiger partial charge in [0, 0.05) is 5.69 Å². The molecule has 0 radical (unpaired) electrons. The molecule has 1 N–H and O–H groups in total. The second-order valence-electron chi connectivity index (χ2n) is 3.64. The molecule has 2 rings (SSSR count). The highest BCUT2D eigenvalue weighted by Gasteiger charge is 2.15. The zero-order valence-electron chi connectivity index (χ0n) is 9.81. The van der Waals surface area contributed by atoms with E-state index in [1.165, 1.54) is 25.3 Å². The number of amides is 1. The van der Waals surface area contributed by atoms with Gasteiger partial charge in [0.1, 0.15) is 0 Å². The van der Waals surface area contributed by atoms with E-state index in [2.05, 4.69) is 5.32 Å². The van der Waals surface area contributed by atoms with Gasteiger partial charge in [0.15, 0.2) is 11.6 Å². The number of anilines is 1. The molecule has 18 heavy (non-hydrogen) atoms. The zero-order valence-corrected chi connectivity index (χ0v) is 9.81. The van der Waals surface area contributed by atoms with E-state index in [9.17, 15) is 9.18 Å². The first-order valence-electron chi connectivity index (χ1n) is 5.41. The van der Waals surface area contributed by atoms with E-state index in [1.807, 2.05) is 6.07 Å². The summed E-state index contributed by atoms with van der Waals surface area (Å²) in [4.78, 5) is 12.0. The van der Waals surface area contributed by atoms with Crippen molar-refractivity contribution in [2.24, 2.45) is 0 Å². The number of carbonyl (C=O) groups excluding carboxylic acids is 1. The first-order chi connectivity index (χ1) is 8.72. The van der Waals surface area contributed by atoms with Crippen molar-refractivity contribution in [3.05, 3.63) is 59.9 Å². The molecule has 0 aromatic heterocycles. The maximum Gasteiger partial charge on any atom is 0.259 e. The average Bonchev–Trinajstić information content (AvgIpc) is 2.39. The van der Waals surface area contributed by atoms with Crippen LogP contribution < -0.4 is 10.1 Å². The Bertz CT molecular complexity index is 555. The second-order valence-corrected chi connectivity index (χ2v) is 3.64. The Morgan fingerprint density at radius 2 is 1.83 bits per heavy atom. The van der Waals surface area contributed by atoms with Crippen molar-refractivity contribution in [2.75, 3.05) is 12.4 Å². The molecule has 0 saturated carbocycles. The Labute approximate surface area is 104 Å². The number of methoxy groups -OCH3 is 1. The Hall–Kier alpha value is -2.36. The maximum absolute atomic E-state index is 13.4. The number of rotatable bonds is 3. The van der Waals surface area contributed by atoms with Crippen molar-refractivity contribution in [3.63, 3.8) is 0 Å². The van der Waals surface area contributed by atoms with Gasteiger partial charge in [-0.05, 0) is 24.3 Å². The fourth-order valence-electron chi connectivity index (χ4n) is 1.62. The van der Waals surface area contributed by atoms with Crippen LogP contribution in [0.25, 0.3) is 0 Å². The van der Waals surface area contributed by atoms with E-state index in [0.717, 1.165) is 0 Å². The number of carbonyl (C=O) groups is 1. The molecule has 0 aliphatic rings. The first-order valence-corrected chi connectivity index (χ1v) is 5.41. The van der Waals surface area contributed by atoms with Gasteiger partial charge in [0.25, 0.3) is 5.91 Å². The molecule has 0 saturated heterocycles. The van der Waals surface area contributed by atoms with E-state index in [0.29, 0.717) is 5.69 Å². The van der Waals surface area contributed by atoms with Crippen molar-refractivity contribution >= 4 is 11.6 Å². The highest BCUT2D eigenvalue weighted by Crippen LogP contribution is 2.23. The third-order valence-corrected chi connectivity index (χ3v) is 2.45. The molecule has 1 amide bonds. The lowest BCUT2D eigenvalue weighted by molar-refractivity contribution is 0.102. The molecule has 0 aliphatic heterocycles. The van der Waals surface area contributed by atoms with E-state index < -0.39 is 11.7 Å². The van der Waals surface area contributed by atoms with E-state index in [4.69, 9.17) is 4.74 Å². The van der Waals surface area contributed by atoms with Gasteiger partial charge in [-0.2, -0.15) is 0 Å². The van der Waals surface area contributed by atoms with Crippen LogP contribution in [-0.2, 0) is 0 Å². The van der Waals surface area contributed by atoms with Crippen LogP contribution in [0.4, 0.5) is 10.1 Å². The molecule has 0 aliphatic carbocycles. The number of halogens is 1. The molecule has 0 bridgehead atoms. The van der Waals surface area contributed by atoms with Crippen molar-refractivity contribution in [1.29, 1.82) is 0 Å². The lowest BCUT2D eigenvalue weighted by Gasteiger charge is -2.09. The molecule has 2 aromatic carbocycles. The lowest BCUT2D eigenvalue weighted by atomic mass is 10.1. The van der Waals surface area contributed by atoms with Gasteiger partial charge >= 0.3 is 0 Å². The van der Waals surface area contributed by atoms with Crippen LogP contribution in [0.5, 0.6) is 5.75 Å². The summed E-state index contributed by atoms with van der Waals surface area (Å²) in [7, 11) is 1.33. The van der Waals surface area contributed by atoms with Crippen molar-refractivity contribution in [1.82, 2.24) is 0 Å². The first kappa shape index (κ1) is 12.1. The SMILES string of the molecule is COc1c(F)cccc1C(=O)Nc1ccccc1. The molecule has 92 valence electrons. The zero-order chi connectivity index (χ0) is 13.0. The number of benzene rings is 2. The highest BCUT2D eigenvalue weighted by atomic mass is 19.1. The summed E-state index contributed by atoms with van der Waals surface area (Å²) in [5.74, 6) is -1.01. The summed E-state index contributed by atoms with van der Waals surface area (Å²) in [6.45, 7) is 0. The predicted molar refractivity (Wildman–Crippen MR) is 67.3 cm³/mol. The minimum atomic E-state index is -0.557. The summed E-state index contributed by atoms with van der Waals surface area (Å²) in [6, 6.07) is 13.2. The lowest BCUT2D eigenvalue weighted by Crippen LogP contribution is -2.13. The molecular formula is C14H12FNO2. The van der Waals surface area contributed by atoms with Gasteiger partial charge in [-0.3, -0.25) is 4.79 Å². The largest absolute Gasteiger partial charge is 0.493 e. The van der Waals surface area contributed by atoms with E-state index in [-0.39, 0.29) is 11.3 Å². The quantitative estimate of drug-likeness (QED) is 0.902. The summed E-state index contributed by atoms with van der Waals surface area (Å²) in [6.07, 6.45) is 0. The van der Waals surface area contributed by atoms with Crippen LogP contribution in [0.15, 0.2) is 48.5 Å². The predicted octanol–water partition coefficient (Wildman–Crippen LogP) is 3.09. The van der Waals surface area contributed by atoms with Crippen molar-refractivity contribution in [2.45, 2.75) is 0 Å². The molecule has 2 aromatic rings. The molecule has 3 nitrogen and oxygen atoms in total. The number of ether oxygens (including phenoxy) is 1. The molecule has 0 spiro atoms. The van der Waals surface area contributed by atoms with E-state index >= 15 is 0 Å². The Morgan fingerprint density at radius 1 is 1.11 bits per heavy atom.